The third kappa shape index (κ3) is 2.16. The second kappa shape index (κ2) is 4.71. The van der Waals surface area contributed by atoms with E-state index >= 15 is 0 Å². The zero-order valence-electron chi connectivity index (χ0n) is 9.25. The minimum atomic E-state index is 0.236. The van der Waals surface area contributed by atoms with E-state index in [-0.39, 0.29) is 5.28 Å². The molecule has 17 heavy (non-hydrogen) atoms. The lowest BCUT2D eigenvalue weighted by Crippen LogP contribution is -2.04. The Kier molecular flexibility index (Phi) is 3.24. The Morgan fingerprint density at radius 2 is 1.88 bits per heavy atom. The number of nitrogens with zero attached hydrogens (tertiary/aromatic N) is 2. The molecule has 0 spiro atoms. The van der Waals surface area contributed by atoms with Crippen LogP contribution in [-0.4, -0.2) is 9.97 Å². The number of thiophene rings is 1. The summed E-state index contributed by atoms with van der Waals surface area (Å²) in [6.45, 7) is 0. The average molecular weight is 287 g/mol. The molecule has 0 saturated heterocycles. The van der Waals surface area contributed by atoms with Crippen molar-refractivity contribution in [1.82, 2.24) is 9.97 Å². The van der Waals surface area contributed by atoms with Gasteiger partial charge in [-0.25, -0.2) is 9.97 Å². The Morgan fingerprint density at radius 1 is 1.12 bits per heavy atom. The average Bonchev–Trinajstić information content (AvgIpc) is 2.74. The molecule has 0 unspecified atom stereocenters. The van der Waals surface area contributed by atoms with Gasteiger partial charge in [0.1, 0.15) is 9.98 Å². The van der Waals surface area contributed by atoms with Crippen LogP contribution >= 0.6 is 34.5 Å². The highest BCUT2D eigenvalue weighted by molar-refractivity contribution is 7.17. The normalized spacial score (nSPS) is 17.8. The van der Waals surface area contributed by atoms with Gasteiger partial charge in [0, 0.05) is 0 Å². The molecule has 90 valence electrons. The number of halogens is 2. The fraction of sp³-hybridized carbons (Fsp3) is 0.500. The van der Waals surface area contributed by atoms with Crippen molar-refractivity contribution < 1.29 is 0 Å². The summed E-state index contributed by atoms with van der Waals surface area (Å²) in [7, 11) is 0. The van der Waals surface area contributed by atoms with E-state index in [0.29, 0.717) is 11.1 Å². The topological polar surface area (TPSA) is 25.8 Å². The van der Waals surface area contributed by atoms with Crippen LogP contribution in [0.3, 0.4) is 0 Å². The van der Waals surface area contributed by atoms with Gasteiger partial charge in [-0.2, -0.15) is 0 Å². The molecule has 0 radical (unpaired) electrons. The van der Waals surface area contributed by atoms with Crippen LogP contribution in [0, 0.1) is 0 Å². The van der Waals surface area contributed by atoms with Crippen LogP contribution in [0.1, 0.15) is 43.6 Å². The van der Waals surface area contributed by atoms with Crippen LogP contribution in [0.5, 0.6) is 0 Å². The molecule has 1 aliphatic carbocycles. The Hall–Kier alpha value is -0.380. The standard InChI is InChI=1S/C12H12Cl2N2S/c13-10-9-8(7-4-2-1-3-5-7)6-17-11(9)16-12(14)15-10/h6-7H,1-5H2. The van der Waals surface area contributed by atoms with Crippen LogP contribution in [-0.2, 0) is 0 Å². The molecule has 1 saturated carbocycles. The predicted octanol–water partition coefficient (Wildman–Crippen LogP) is 5.05. The predicted molar refractivity (Wildman–Crippen MR) is 73.3 cm³/mol. The molecular weight excluding hydrogens is 275 g/mol. The Morgan fingerprint density at radius 3 is 2.65 bits per heavy atom. The smallest absolute Gasteiger partial charge is 0.207 e. The van der Waals surface area contributed by atoms with Crippen molar-refractivity contribution in [2.45, 2.75) is 38.0 Å². The van der Waals surface area contributed by atoms with Crippen molar-refractivity contribution in [2.24, 2.45) is 0 Å². The maximum Gasteiger partial charge on any atom is 0.225 e. The van der Waals surface area contributed by atoms with Crippen molar-refractivity contribution in [1.29, 1.82) is 0 Å². The maximum atomic E-state index is 6.20. The van der Waals surface area contributed by atoms with Crippen molar-refractivity contribution in [3.8, 4) is 0 Å². The van der Waals surface area contributed by atoms with Gasteiger partial charge in [-0.15, -0.1) is 11.3 Å². The highest BCUT2D eigenvalue weighted by atomic mass is 35.5. The molecule has 1 aliphatic rings. The third-order valence-corrected chi connectivity index (χ3v) is 4.77. The first-order valence-electron chi connectivity index (χ1n) is 5.86. The van der Waals surface area contributed by atoms with Crippen LogP contribution in [0.4, 0.5) is 0 Å². The first kappa shape index (κ1) is 11.7. The lowest BCUT2D eigenvalue weighted by molar-refractivity contribution is 0.446. The van der Waals surface area contributed by atoms with Crippen molar-refractivity contribution in [3.05, 3.63) is 21.4 Å². The molecule has 0 N–H and O–H groups in total. The van der Waals surface area contributed by atoms with Gasteiger partial charge in [0.25, 0.3) is 0 Å². The van der Waals surface area contributed by atoms with Crippen LogP contribution in [0.2, 0.25) is 10.4 Å². The highest BCUT2D eigenvalue weighted by Crippen LogP contribution is 2.40. The second-order valence-corrected chi connectivity index (χ2v) is 6.04. The van der Waals surface area contributed by atoms with Crippen LogP contribution in [0.25, 0.3) is 10.2 Å². The zero-order chi connectivity index (χ0) is 11.8. The number of hydrogen-bond donors (Lipinski definition) is 0. The fourth-order valence-electron chi connectivity index (χ4n) is 2.61. The fourth-order valence-corrected chi connectivity index (χ4v) is 4.23. The van der Waals surface area contributed by atoms with Crippen molar-refractivity contribution in [3.63, 3.8) is 0 Å². The molecule has 0 aliphatic heterocycles. The number of fused-ring (bicyclic) bond motifs is 1. The number of rotatable bonds is 1. The SMILES string of the molecule is Clc1nc(Cl)c2c(C3CCCCC3)csc2n1. The molecule has 2 nitrogen and oxygen atoms in total. The van der Waals surface area contributed by atoms with Crippen molar-refractivity contribution in [2.75, 3.05) is 0 Å². The van der Waals surface area contributed by atoms with Gasteiger partial charge < -0.3 is 0 Å². The summed E-state index contributed by atoms with van der Waals surface area (Å²) < 4.78 is 0. The lowest BCUT2D eigenvalue weighted by atomic mass is 9.84. The Balaban J connectivity index is 2.10. The maximum absolute atomic E-state index is 6.20. The first-order chi connectivity index (χ1) is 8.25. The molecule has 5 heteroatoms. The molecule has 0 aromatic carbocycles. The zero-order valence-corrected chi connectivity index (χ0v) is 11.6. The lowest BCUT2D eigenvalue weighted by Gasteiger charge is -2.21. The molecule has 1 fully saturated rings. The summed E-state index contributed by atoms with van der Waals surface area (Å²) in [5.41, 5.74) is 1.33. The monoisotopic (exact) mass is 286 g/mol. The molecular formula is C12H12Cl2N2S. The van der Waals surface area contributed by atoms with Gasteiger partial charge in [0.15, 0.2) is 0 Å². The van der Waals surface area contributed by atoms with E-state index in [1.54, 1.807) is 11.3 Å². The highest BCUT2D eigenvalue weighted by Gasteiger charge is 2.21. The Labute approximate surface area is 114 Å². The number of hydrogen-bond acceptors (Lipinski definition) is 3. The van der Waals surface area contributed by atoms with Crippen molar-refractivity contribution >= 4 is 44.8 Å². The summed E-state index contributed by atoms with van der Waals surface area (Å²) in [4.78, 5) is 9.21. The van der Waals surface area contributed by atoms with E-state index in [1.165, 1.54) is 37.7 Å². The van der Waals surface area contributed by atoms with Crippen LogP contribution < -0.4 is 0 Å². The molecule has 2 heterocycles. The van der Waals surface area contributed by atoms with Gasteiger partial charge >= 0.3 is 0 Å². The molecule has 0 amide bonds. The quantitative estimate of drug-likeness (QED) is 0.542. The van der Waals surface area contributed by atoms with E-state index in [2.05, 4.69) is 15.3 Å². The van der Waals surface area contributed by atoms with Gasteiger partial charge in [-0.05, 0) is 41.3 Å². The largest absolute Gasteiger partial charge is 0.225 e. The van der Waals surface area contributed by atoms with E-state index in [4.69, 9.17) is 23.2 Å². The van der Waals surface area contributed by atoms with Gasteiger partial charge in [0.2, 0.25) is 5.28 Å². The van der Waals surface area contributed by atoms with E-state index in [9.17, 15) is 0 Å². The first-order valence-corrected chi connectivity index (χ1v) is 7.49. The molecule has 2 aromatic rings. The molecule has 0 atom stereocenters. The summed E-state index contributed by atoms with van der Waals surface area (Å²) in [6.07, 6.45) is 6.49. The van der Waals surface area contributed by atoms with Crippen LogP contribution in [0.15, 0.2) is 5.38 Å². The van der Waals surface area contributed by atoms with Gasteiger partial charge in [-0.1, -0.05) is 30.9 Å². The van der Waals surface area contributed by atoms with E-state index in [1.807, 2.05) is 0 Å². The second-order valence-electron chi connectivity index (χ2n) is 4.49. The molecule has 3 rings (SSSR count). The summed E-state index contributed by atoms with van der Waals surface area (Å²) in [5.74, 6) is 0.625. The van der Waals surface area contributed by atoms with E-state index < -0.39 is 0 Å². The van der Waals surface area contributed by atoms with Gasteiger partial charge in [-0.3, -0.25) is 0 Å². The molecule has 0 bridgehead atoms. The Bertz CT molecular complexity index is 547. The summed E-state index contributed by atoms with van der Waals surface area (Å²) >= 11 is 13.6. The number of aromatic nitrogens is 2. The third-order valence-electron chi connectivity index (χ3n) is 3.44. The van der Waals surface area contributed by atoms with E-state index in [0.717, 1.165) is 10.2 Å². The minimum absolute atomic E-state index is 0.236. The summed E-state index contributed by atoms with van der Waals surface area (Å²) in [6, 6.07) is 0. The molecule has 2 aromatic heterocycles. The minimum Gasteiger partial charge on any atom is -0.207 e. The van der Waals surface area contributed by atoms with Gasteiger partial charge in [0.05, 0.1) is 5.39 Å². The summed E-state index contributed by atoms with van der Waals surface area (Å²) in [5, 5.41) is 3.94.